The van der Waals surface area contributed by atoms with Gasteiger partial charge in [0.05, 0.1) is 57.9 Å². The maximum atomic E-state index is 15.4. The van der Waals surface area contributed by atoms with Crippen molar-refractivity contribution in [2.24, 2.45) is 11.1 Å². The van der Waals surface area contributed by atoms with Crippen LogP contribution in [0.2, 0.25) is 0 Å². The Morgan fingerprint density at radius 1 is 0.627 bits per heavy atom. The van der Waals surface area contributed by atoms with Crippen molar-refractivity contribution in [3.8, 4) is 22.6 Å². The number of ether oxygens (including phenoxy) is 2. The third-order valence-corrected chi connectivity index (χ3v) is 17.8. The highest BCUT2D eigenvalue weighted by atomic mass is 19.1. The second kappa shape index (κ2) is 43.4. The van der Waals surface area contributed by atoms with Crippen molar-refractivity contribution in [2.75, 3.05) is 40.0 Å². The minimum atomic E-state index is -2.09. The molecule has 6 aromatic rings. The van der Waals surface area contributed by atoms with Crippen LogP contribution in [0, 0.1) is 11.2 Å². The average Bonchev–Trinajstić information content (AvgIpc) is 0.868. The van der Waals surface area contributed by atoms with E-state index in [9.17, 15) is 78.0 Å². The van der Waals surface area contributed by atoms with Gasteiger partial charge in [0.15, 0.2) is 11.6 Å². The molecule has 0 saturated carbocycles. The number of methoxy groups -OCH3 is 1. The molecule has 10 amide bonds. The number of carbonyl (C=O) groups excluding carboxylic acids is 11. The second-order valence-corrected chi connectivity index (χ2v) is 26.6. The molecule has 0 bridgehead atoms. The zero-order valence-corrected chi connectivity index (χ0v) is 62.2. The summed E-state index contributed by atoms with van der Waals surface area (Å²) in [4.78, 5) is 172. The van der Waals surface area contributed by atoms with E-state index < -0.39 is 175 Å². The molecule has 0 saturated heterocycles. The molecule has 0 aliphatic carbocycles. The molecule has 0 radical (unpaired) electrons. The zero-order valence-electron chi connectivity index (χ0n) is 62.2. The highest BCUT2D eigenvalue weighted by molar-refractivity contribution is 6.06. The lowest BCUT2D eigenvalue weighted by Gasteiger charge is -2.28. The Morgan fingerprint density at radius 3 is 1.84 bits per heavy atom. The number of aromatic amines is 2. The standard InChI is InChI=1S/C74H98FN17O18/c1-8-46-33-51(109-7)26-27-52(46)47-22-18-45(19-23-47)32-55(66(101)81-54(41(2)94)17-13-14-44-20-24-50(25-21-44)110-31-12-11-29-76)82-67(102)58(36-62(98)99)83-69(104)59(39-93)85-71(106)64(43(4)96)88-68(103)56(34-48-15-9-10-16-53(48)75)84-70(105)63(42(3)95)87-61(97)38-79-65(100)57(35-60-89-91-92-90-60)86-73(108)74(5,6)72(107)78-30-28-49-37-77-40-80-49/h9-10,15-16,18-27,33,37,40,42-43,54-59,63-64,93,95-96H,8,11-14,17,28-32,34-36,38-39,76H2,1-7H3,(H,77,80)(H,78,107)(H,79,100)(H,81,101)(H,82,102)(H,83,104)(H,84,105)(H,85,106)(H,86,108)(H,87,97)(H,88,103)(H,98,99)(H,89,90,91,92)/t42-,43-,54+,55+,56+,57+,58+,59+,63+,64+/m1/s1. The maximum absolute atomic E-state index is 15.4. The quantitative estimate of drug-likeness (QED) is 0.0155. The third-order valence-electron chi connectivity index (χ3n) is 17.8. The number of carboxylic acid groups (broad SMARTS) is 1. The zero-order chi connectivity index (χ0) is 80.6. The lowest BCUT2D eigenvalue weighted by Crippen LogP contribution is -2.63. The van der Waals surface area contributed by atoms with E-state index in [0.29, 0.717) is 61.6 Å². The van der Waals surface area contributed by atoms with Crippen LogP contribution in [0.15, 0.2) is 104 Å². The van der Waals surface area contributed by atoms with Crippen LogP contribution >= 0.6 is 0 Å². The number of nitrogens with one attached hydrogen (secondary N) is 12. The number of H-pyrrole nitrogens is 2. The van der Waals surface area contributed by atoms with E-state index in [0.717, 1.165) is 55.0 Å². The molecule has 36 heteroatoms. The summed E-state index contributed by atoms with van der Waals surface area (Å²) in [7, 11) is 1.56. The molecule has 0 aliphatic rings. The molecule has 110 heavy (non-hydrogen) atoms. The van der Waals surface area contributed by atoms with E-state index in [1.165, 1.54) is 45.3 Å². The number of unbranched alkanes of at least 4 members (excludes halogenated alkanes) is 1. The van der Waals surface area contributed by atoms with Gasteiger partial charge in [0.1, 0.15) is 65.0 Å². The van der Waals surface area contributed by atoms with E-state index in [2.05, 4.69) is 83.8 Å². The Hall–Kier alpha value is -11.6. The number of tetrazole rings is 1. The summed E-state index contributed by atoms with van der Waals surface area (Å²) < 4.78 is 26.6. The molecule has 2 heterocycles. The number of aromatic nitrogens is 6. The Morgan fingerprint density at radius 2 is 1.23 bits per heavy atom. The van der Waals surface area contributed by atoms with Crippen molar-refractivity contribution in [3.63, 3.8) is 0 Å². The predicted octanol–water partition coefficient (Wildman–Crippen LogP) is -1.33. The number of aryl methyl sites for hydroxylation is 2. The van der Waals surface area contributed by atoms with Gasteiger partial charge < -0.3 is 93.8 Å². The van der Waals surface area contributed by atoms with Gasteiger partial charge in [0.2, 0.25) is 59.1 Å². The van der Waals surface area contributed by atoms with E-state index in [4.69, 9.17) is 15.2 Å². The summed E-state index contributed by atoms with van der Waals surface area (Å²) in [5.74, 6) is -12.9. The monoisotopic (exact) mass is 1530 g/mol. The van der Waals surface area contributed by atoms with Gasteiger partial charge in [-0.1, -0.05) is 72.8 Å². The number of benzene rings is 4. The first-order valence-corrected chi connectivity index (χ1v) is 35.7. The number of amides is 10. The summed E-state index contributed by atoms with van der Waals surface area (Å²) in [5, 5.41) is 79.5. The van der Waals surface area contributed by atoms with Crippen LogP contribution in [0.1, 0.15) is 107 Å². The van der Waals surface area contributed by atoms with Crippen LogP contribution in [0.25, 0.3) is 11.1 Å². The molecule has 6 rings (SSSR count). The SMILES string of the molecule is CCc1cc(OC)ccc1-c1ccc(C[C@H](NC(=O)[C@H](CC(=O)O)NC(=O)[C@H](CO)NC(=O)[C@@H](NC(=O)[C@H](Cc2ccccc2F)NC(=O)[C@@H](NC(=O)CNC(=O)[C@H](Cc2nn[nH]n2)NC(=O)C(C)(C)C(=O)NCCc2cnc[nH]2)[C@@H](C)O)[C@@H](C)O)C(=O)N[C@@H](CCCc2ccc(OCCCCN)cc2)C(C)=O)cc1. The molecule has 2 aromatic heterocycles. The van der Waals surface area contributed by atoms with Gasteiger partial charge in [-0.2, -0.15) is 5.21 Å². The average molecular weight is 1530 g/mol. The van der Waals surface area contributed by atoms with Gasteiger partial charge in [-0.05, 0) is 143 Å². The number of nitrogens with two attached hydrogens (primary N) is 1. The van der Waals surface area contributed by atoms with Crippen LogP contribution in [0.5, 0.6) is 11.5 Å². The lowest BCUT2D eigenvalue weighted by atomic mass is 9.90. The lowest BCUT2D eigenvalue weighted by molar-refractivity contribution is -0.143. The Bertz CT molecular complexity index is 4070. The van der Waals surface area contributed by atoms with Crippen molar-refractivity contribution in [1.29, 1.82) is 0 Å². The molecule has 35 nitrogen and oxygen atoms in total. The number of nitrogens with zero attached hydrogens (tertiary/aromatic N) is 4. The number of halogens is 1. The highest BCUT2D eigenvalue weighted by Crippen LogP contribution is 2.29. The predicted molar refractivity (Wildman–Crippen MR) is 394 cm³/mol. The minimum Gasteiger partial charge on any atom is -0.497 e. The van der Waals surface area contributed by atoms with Crippen molar-refractivity contribution in [1.82, 2.24) is 83.8 Å². The van der Waals surface area contributed by atoms with Gasteiger partial charge in [0, 0.05) is 44.1 Å². The molecule has 0 aliphatic heterocycles. The van der Waals surface area contributed by atoms with Crippen molar-refractivity contribution in [2.45, 2.75) is 173 Å². The van der Waals surface area contributed by atoms with E-state index in [1.54, 1.807) is 37.6 Å². The van der Waals surface area contributed by atoms with E-state index >= 15 is 4.39 Å². The van der Waals surface area contributed by atoms with Gasteiger partial charge in [0.25, 0.3) is 0 Å². The molecule has 0 fully saturated rings. The van der Waals surface area contributed by atoms with E-state index in [1.807, 2.05) is 49.4 Å². The van der Waals surface area contributed by atoms with Crippen LogP contribution in [-0.4, -0.2) is 222 Å². The number of aliphatic hydroxyl groups excluding tert-OH is 3. The fraction of sp³-hybridized carbons (Fsp3) is 0.459. The first kappa shape index (κ1) is 87.3. The number of ketones is 1. The fourth-order valence-electron chi connectivity index (χ4n) is 11.3. The Kier molecular flexibility index (Phi) is 34.4. The van der Waals surface area contributed by atoms with Crippen LogP contribution in [0.4, 0.5) is 4.39 Å². The first-order chi connectivity index (χ1) is 52.4. The minimum absolute atomic E-state index is 0.0628. The fourth-order valence-corrected chi connectivity index (χ4v) is 11.3. The smallest absolute Gasteiger partial charge is 0.305 e. The molecule has 594 valence electrons. The number of carboxylic acids is 1. The largest absolute Gasteiger partial charge is 0.497 e. The maximum Gasteiger partial charge on any atom is 0.305 e. The summed E-state index contributed by atoms with van der Waals surface area (Å²) >= 11 is 0. The summed E-state index contributed by atoms with van der Waals surface area (Å²) in [6.07, 6.45) is 0.655. The number of Topliss-reactive ketones (excluding diaryl/α,β-unsaturated/α-hetero) is 1. The molecule has 0 unspecified atom stereocenters. The van der Waals surface area contributed by atoms with E-state index in [-0.39, 0.29) is 30.8 Å². The van der Waals surface area contributed by atoms with Crippen LogP contribution < -0.4 is 68.4 Å². The van der Waals surface area contributed by atoms with Gasteiger partial charge >= 0.3 is 5.97 Å². The van der Waals surface area contributed by atoms with Crippen molar-refractivity contribution in [3.05, 3.63) is 143 Å². The van der Waals surface area contributed by atoms with Crippen LogP contribution in [0.3, 0.4) is 0 Å². The van der Waals surface area contributed by atoms with Crippen molar-refractivity contribution < 1.29 is 91.8 Å². The normalized spacial score (nSPS) is 14.0. The number of carbonyl (C=O) groups is 12. The number of hydrogen-bond acceptors (Lipinski definition) is 22. The summed E-state index contributed by atoms with van der Waals surface area (Å²) in [6.45, 7) is 6.98. The number of imidazole rings is 1. The number of hydrogen-bond donors (Lipinski definition) is 17. The molecular weight excluding hydrogens is 1430 g/mol. The number of aliphatic carboxylic acids is 1. The second-order valence-electron chi connectivity index (χ2n) is 26.6. The first-order valence-electron chi connectivity index (χ1n) is 35.7. The summed E-state index contributed by atoms with van der Waals surface area (Å²) in [6, 6.07) is 10.8. The third kappa shape index (κ3) is 27.2. The molecule has 4 aromatic carbocycles. The number of aliphatic hydroxyl groups is 3. The topological polar surface area (TPSA) is 534 Å². The molecular formula is C74H98FN17O18. The Balaban J connectivity index is 1.14. The molecule has 10 atom stereocenters. The Labute approximate surface area is 633 Å². The summed E-state index contributed by atoms with van der Waals surface area (Å²) in [5.41, 5.74) is 8.46. The molecule has 0 spiro atoms. The molecule has 18 N–H and O–H groups in total. The number of rotatable bonds is 46. The van der Waals surface area contributed by atoms with Gasteiger partial charge in [-0.3, -0.25) is 57.5 Å². The van der Waals surface area contributed by atoms with Crippen molar-refractivity contribution >= 4 is 70.8 Å². The van der Waals surface area contributed by atoms with Gasteiger partial charge in [-0.15, -0.1) is 10.2 Å². The van der Waals surface area contributed by atoms with Gasteiger partial charge in [-0.25, -0.2) is 9.37 Å². The van der Waals surface area contributed by atoms with Crippen LogP contribution in [-0.2, 0) is 96.1 Å². The highest BCUT2D eigenvalue weighted by Gasteiger charge is 2.40.